The van der Waals surface area contributed by atoms with E-state index in [0.29, 0.717) is 31.0 Å². The second kappa shape index (κ2) is 7.67. The van der Waals surface area contributed by atoms with E-state index in [1.807, 2.05) is 31.2 Å². The van der Waals surface area contributed by atoms with Crippen LogP contribution in [-0.4, -0.2) is 56.9 Å². The number of hydrogen-bond donors (Lipinski definition) is 2. The van der Waals surface area contributed by atoms with Crippen LogP contribution in [0.1, 0.15) is 17.2 Å². The van der Waals surface area contributed by atoms with Gasteiger partial charge in [-0.15, -0.1) is 0 Å². The lowest BCUT2D eigenvalue weighted by molar-refractivity contribution is -0.136. The summed E-state index contributed by atoms with van der Waals surface area (Å²) in [5, 5.41) is 5.65. The van der Waals surface area contributed by atoms with Crippen LogP contribution < -0.4 is 10.6 Å². The number of methoxy groups -OCH3 is 1. The molecule has 134 valence electrons. The minimum absolute atomic E-state index is 0.316. The Bertz CT molecular complexity index is 695. The predicted octanol–water partition coefficient (Wildman–Crippen LogP) is 1.11. The highest BCUT2D eigenvalue weighted by Gasteiger charge is 2.34. The van der Waals surface area contributed by atoms with Gasteiger partial charge in [0, 0.05) is 25.3 Å². The Balaban J connectivity index is 2.00. The number of nitrogens with one attached hydrogen (secondary N) is 2. The molecule has 2 amide bonds. The van der Waals surface area contributed by atoms with Crippen LogP contribution in [0.5, 0.6) is 0 Å². The molecule has 2 heterocycles. The van der Waals surface area contributed by atoms with Gasteiger partial charge in [-0.05, 0) is 18.1 Å². The van der Waals surface area contributed by atoms with Gasteiger partial charge in [0.2, 0.25) is 0 Å². The third kappa shape index (κ3) is 3.83. The van der Waals surface area contributed by atoms with Gasteiger partial charge in [0.15, 0.2) is 0 Å². The van der Waals surface area contributed by atoms with E-state index in [9.17, 15) is 9.59 Å². The van der Waals surface area contributed by atoms with Gasteiger partial charge in [-0.2, -0.15) is 0 Å². The molecule has 0 spiro atoms. The molecule has 25 heavy (non-hydrogen) atoms. The summed E-state index contributed by atoms with van der Waals surface area (Å²) < 4.78 is 10.4. The first-order chi connectivity index (χ1) is 12.1. The Kier molecular flexibility index (Phi) is 5.35. The van der Waals surface area contributed by atoms with Gasteiger partial charge in [-0.1, -0.05) is 24.3 Å². The number of morpholine rings is 1. The van der Waals surface area contributed by atoms with E-state index in [4.69, 9.17) is 9.47 Å². The Hall–Kier alpha value is -2.38. The molecule has 7 heteroatoms. The highest BCUT2D eigenvalue weighted by molar-refractivity contribution is 5.95. The molecule has 3 rings (SSSR count). The monoisotopic (exact) mass is 345 g/mol. The van der Waals surface area contributed by atoms with Crippen LogP contribution in [0, 0.1) is 6.92 Å². The third-order valence-corrected chi connectivity index (χ3v) is 4.54. The molecule has 0 saturated carbocycles. The van der Waals surface area contributed by atoms with Crippen molar-refractivity contribution >= 4 is 12.0 Å². The fourth-order valence-corrected chi connectivity index (χ4v) is 3.22. The smallest absolute Gasteiger partial charge is 0.338 e. The number of amides is 2. The SMILES string of the molecule is COC(=O)C1=C(CN2CCOCC2)NC(=O)N[C@H]1c1ccccc1C. The van der Waals surface area contributed by atoms with E-state index < -0.39 is 12.0 Å². The molecular weight excluding hydrogens is 322 g/mol. The van der Waals surface area contributed by atoms with Gasteiger partial charge in [0.1, 0.15) is 0 Å². The molecule has 0 aromatic heterocycles. The summed E-state index contributed by atoms with van der Waals surface area (Å²) in [4.78, 5) is 26.9. The van der Waals surface area contributed by atoms with Crippen LogP contribution in [0.2, 0.25) is 0 Å². The van der Waals surface area contributed by atoms with Gasteiger partial charge in [-0.25, -0.2) is 9.59 Å². The lowest BCUT2D eigenvalue weighted by Gasteiger charge is -2.33. The molecule has 0 radical (unpaired) electrons. The number of urea groups is 1. The van der Waals surface area contributed by atoms with Crippen molar-refractivity contribution < 1.29 is 19.1 Å². The zero-order valence-corrected chi connectivity index (χ0v) is 14.5. The first-order valence-electron chi connectivity index (χ1n) is 8.34. The quantitative estimate of drug-likeness (QED) is 0.799. The molecule has 1 aromatic rings. The van der Waals surface area contributed by atoms with Gasteiger partial charge in [0.05, 0.1) is 31.9 Å². The van der Waals surface area contributed by atoms with Crippen molar-refractivity contribution in [1.82, 2.24) is 15.5 Å². The molecule has 1 fully saturated rings. The molecule has 2 aliphatic heterocycles. The molecule has 0 bridgehead atoms. The van der Waals surface area contributed by atoms with Crippen LogP contribution >= 0.6 is 0 Å². The number of carbonyl (C=O) groups excluding carboxylic acids is 2. The van der Waals surface area contributed by atoms with Gasteiger partial charge in [-0.3, -0.25) is 4.90 Å². The minimum Gasteiger partial charge on any atom is -0.466 e. The maximum absolute atomic E-state index is 12.5. The topological polar surface area (TPSA) is 79.9 Å². The Morgan fingerprint density at radius 3 is 2.72 bits per heavy atom. The van der Waals surface area contributed by atoms with E-state index >= 15 is 0 Å². The number of benzene rings is 1. The average Bonchev–Trinajstić information content (AvgIpc) is 2.62. The van der Waals surface area contributed by atoms with E-state index in [0.717, 1.165) is 24.2 Å². The largest absolute Gasteiger partial charge is 0.466 e. The summed E-state index contributed by atoms with van der Waals surface area (Å²) >= 11 is 0. The molecule has 1 saturated heterocycles. The number of carbonyl (C=O) groups is 2. The number of esters is 1. The van der Waals surface area contributed by atoms with Crippen molar-refractivity contribution in [1.29, 1.82) is 0 Å². The molecule has 1 atom stereocenters. The van der Waals surface area contributed by atoms with E-state index in [1.165, 1.54) is 7.11 Å². The fraction of sp³-hybridized carbons (Fsp3) is 0.444. The molecule has 0 aliphatic carbocycles. The van der Waals surface area contributed by atoms with Crippen molar-refractivity contribution in [2.24, 2.45) is 0 Å². The van der Waals surface area contributed by atoms with Crippen molar-refractivity contribution in [3.8, 4) is 0 Å². The van der Waals surface area contributed by atoms with Crippen molar-refractivity contribution in [2.75, 3.05) is 40.0 Å². The summed E-state index contributed by atoms with van der Waals surface area (Å²) in [5.41, 5.74) is 2.92. The van der Waals surface area contributed by atoms with Gasteiger partial charge < -0.3 is 20.1 Å². The van der Waals surface area contributed by atoms with Crippen molar-refractivity contribution in [3.05, 3.63) is 46.7 Å². The Morgan fingerprint density at radius 1 is 1.32 bits per heavy atom. The molecule has 1 aromatic carbocycles. The molecule has 2 N–H and O–H groups in total. The summed E-state index contributed by atoms with van der Waals surface area (Å²) in [6.45, 7) is 5.25. The first kappa shape index (κ1) is 17.4. The van der Waals surface area contributed by atoms with E-state index in [2.05, 4.69) is 15.5 Å². The van der Waals surface area contributed by atoms with Crippen LogP contribution in [-0.2, 0) is 14.3 Å². The lowest BCUT2D eigenvalue weighted by atomic mass is 9.92. The number of hydrogen-bond acceptors (Lipinski definition) is 5. The minimum atomic E-state index is -0.529. The highest BCUT2D eigenvalue weighted by Crippen LogP contribution is 2.30. The molecule has 2 aliphatic rings. The number of nitrogens with zero attached hydrogens (tertiary/aromatic N) is 1. The second-order valence-electron chi connectivity index (χ2n) is 6.16. The predicted molar refractivity (Wildman–Crippen MR) is 91.9 cm³/mol. The van der Waals surface area contributed by atoms with E-state index in [1.54, 1.807) is 0 Å². The zero-order valence-electron chi connectivity index (χ0n) is 14.5. The highest BCUT2D eigenvalue weighted by atomic mass is 16.5. The van der Waals surface area contributed by atoms with Gasteiger partial charge in [0.25, 0.3) is 0 Å². The third-order valence-electron chi connectivity index (χ3n) is 4.54. The first-order valence-corrected chi connectivity index (χ1v) is 8.34. The second-order valence-corrected chi connectivity index (χ2v) is 6.16. The standard InChI is InChI=1S/C18H23N3O4/c1-12-5-3-4-6-13(12)16-15(17(22)24-2)14(19-18(23)20-16)11-21-7-9-25-10-8-21/h3-6,16H,7-11H2,1-2H3,(H2,19,20,23)/t16-/m0/s1. The van der Waals surface area contributed by atoms with Crippen LogP contribution in [0.15, 0.2) is 35.5 Å². The Labute approximate surface area is 147 Å². The molecule has 7 nitrogen and oxygen atoms in total. The maximum atomic E-state index is 12.5. The molecule has 0 unspecified atom stereocenters. The summed E-state index contributed by atoms with van der Waals surface area (Å²) in [7, 11) is 1.35. The van der Waals surface area contributed by atoms with Crippen molar-refractivity contribution in [2.45, 2.75) is 13.0 Å². The summed E-state index contributed by atoms with van der Waals surface area (Å²) in [5.74, 6) is -0.441. The van der Waals surface area contributed by atoms with Crippen LogP contribution in [0.4, 0.5) is 4.79 Å². The normalized spacial score (nSPS) is 21.5. The molecular formula is C18H23N3O4. The fourth-order valence-electron chi connectivity index (χ4n) is 3.22. The number of rotatable bonds is 4. The average molecular weight is 345 g/mol. The van der Waals surface area contributed by atoms with Gasteiger partial charge >= 0.3 is 12.0 Å². The van der Waals surface area contributed by atoms with Crippen molar-refractivity contribution in [3.63, 3.8) is 0 Å². The van der Waals surface area contributed by atoms with E-state index in [-0.39, 0.29) is 6.03 Å². The number of aryl methyl sites for hydroxylation is 1. The maximum Gasteiger partial charge on any atom is 0.338 e. The lowest BCUT2D eigenvalue weighted by Crippen LogP contribution is -2.49. The Morgan fingerprint density at radius 2 is 2.04 bits per heavy atom. The zero-order chi connectivity index (χ0) is 17.8. The number of ether oxygens (including phenoxy) is 2. The van der Waals surface area contributed by atoms with Crippen LogP contribution in [0.25, 0.3) is 0 Å². The van der Waals surface area contributed by atoms with Crippen LogP contribution in [0.3, 0.4) is 0 Å². The summed E-state index contributed by atoms with van der Waals surface area (Å²) in [6.07, 6.45) is 0. The summed E-state index contributed by atoms with van der Waals surface area (Å²) in [6, 6.07) is 6.86.